The van der Waals surface area contributed by atoms with Crippen LogP contribution in [0.5, 0.6) is 5.88 Å². The topological polar surface area (TPSA) is 87.7 Å². The number of benzene rings is 1. The van der Waals surface area contributed by atoms with Crippen molar-refractivity contribution in [1.29, 1.82) is 0 Å². The second-order valence-corrected chi connectivity index (χ2v) is 9.45. The normalized spacial score (nSPS) is 15.4. The minimum absolute atomic E-state index is 0.0424. The number of methoxy groups -OCH3 is 1. The number of carbonyl (C=O) groups excluding carboxylic acids is 2. The Morgan fingerprint density at radius 3 is 2.50 bits per heavy atom. The molecule has 8 nitrogen and oxygen atoms in total. The molecule has 0 aliphatic carbocycles. The van der Waals surface area contributed by atoms with Crippen molar-refractivity contribution in [2.75, 3.05) is 17.3 Å². The molecule has 0 bridgehead atoms. The van der Waals surface area contributed by atoms with Gasteiger partial charge < -0.3 is 15.0 Å². The summed E-state index contributed by atoms with van der Waals surface area (Å²) in [5, 5.41) is 3.11. The maximum Gasteiger partial charge on any atom is 0.446 e. The summed E-state index contributed by atoms with van der Waals surface area (Å²) < 4.78 is 44.3. The highest BCUT2D eigenvalue weighted by Gasteiger charge is 2.52. The van der Waals surface area contributed by atoms with Gasteiger partial charge in [0.15, 0.2) is 0 Å². The largest absolute Gasteiger partial charge is 0.481 e. The number of aromatic nitrogens is 2. The number of nitrogens with one attached hydrogen (secondary N) is 1. The van der Waals surface area contributed by atoms with Crippen LogP contribution < -0.4 is 15.0 Å². The fourth-order valence-corrected chi connectivity index (χ4v) is 4.37. The van der Waals surface area contributed by atoms with E-state index < -0.39 is 23.0 Å². The molecule has 3 amide bonds. The first-order valence-electron chi connectivity index (χ1n) is 10.7. The van der Waals surface area contributed by atoms with E-state index in [2.05, 4.69) is 15.3 Å². The lowest BCUT2D eigenvalue weighted by Crippen LogP contribution is -2.43. The van der Waals surface area contributed by atoms with Gasteiger partial charge >= 0.3 is 11.5 Å². The van der Waals surface area contributed by atoms with Crippen LogP contribution >= 0.6 is 11.8 Å². The molecule has 3 aromatic rings. The number of hydrogen-bond donors (Lipinski definition) is 1. The first kappa shape index (κ1) is 25.3. The Bertz CT molecular complexity index is 1280. The lowest BCUT2D eigenvalue weighted by molar-refractivity contribution is -0.123. The summed E-state index contributed by atoms with van der Waals surface area (Å²) in [5.74, 6) is 0.333. The number of hydrogen-bond acceptors (Lipinski definition) is 7. The van der Waals surface area contributed by atoms with E-state index in [1.165, 1.54) is 36.3 Å². The van der Waals surface area contributed by atoms with E-state index >= 15 is 0 Å². The molecular formula is C24H22F3N5O3S. The molecule has 0 saturated carbocycles. The quantitative estimate of drug-likeness (QED) is 0.323. The SMILES string of the molecule is COc1ccc(Nc2cc(CN3C(=O)N(c4ccccc4SC(F)(F)F)C(=O)C3(C)C)ccn2)cn1. The van der Waals surface area contributed by atoms with Crippen LogP contribution in [0.4, 0.5) is 35.2 Å². The molecule has 0 spiro atoms. The number of rotatable bonds is 7. The van der Waals surface area contributed by atoms with Crippen molar-refractivity contribution >= 4 is 40.9 Å². The minimum atomic E-state index is -4.57. The van der Waals surface area contributed by atoms with Gasteiger partial charge in [-0.05, 0) is 61.5 Å². The van der Waals surface area contributed by atoms with Gasteiger partial charge in [-0.25, -0.2) is 19.7 Å². The third-order valence-electron chi connectivity index (χ3n) is 5.54. The predicted octanol–water partition coefficient (Wildman–Crippen LogP) is 5.59. The molecule has 1 aliphatic heterocycles. The van der Waals surface area contributed by atoms with Crippen LogP contribution in [0.25, 0.3) is 0 Å². The molecule has 0 atom stereocenters. The van der Waals surface area contributed by atoms with E-state index in [9.17, 15) is 22.8 Å². The molecule has 1 aliphatic rings. The number of imide groups is 1. The highest BCUT2D eigenvalue weighted by molar-refractivity contribution is 8.00. The maximum absolute atomic E-state index is 13.4. The van der Waals surface area contributed by atoms with Crippen LogP contribution in [-0.4, -0.2) is 45.0 Å². The first-order valence-corrected chi connectivity index (χ1v) is 11.5. The number of pyridine rings is 2. The highest BCUT2D eigenvalue weighted by atomic mass is 32.2. The molecule has 36 heavy (non-hydrogen) atoms. The maximum atomic E-state index is 13.4. The number of halogens is 3. The fourth-order valence-electron chi connectivity index (χ4n) is 3.71. The molecule has 1 saturated heterocycles. The molecule has 12 heteroatoms. The van der Waals surface area contributed by atoms with E-state index in [0.717, 1.165) is 4.90 Å². The van der Waals surface area contributed by atoms with Gasteiger partial charge in [0.05, 0.1) is 24.7 Å². The molecule has 2 aromatic heterocycles. The predicted molar refractivity (Wildman–Crippen MR) is 129 cm³/mol. The van der Waals surface area contributed by atoms with Gasteiger partial charge in [0.1, 0.15) is 11.4 Å². The van der Waals surface area contributed by atoms with Gasteiger partial charge in [0, 0.05) is 23.7 Å². The Hall–Kier alpha value is -3.80. The number of anilines is 3. The smallest absolute Gasteiger partial charge is 0.446 e. The number of ether oxygens (including phenoxy) is 1. The lowest BCUT2D eigenvalue weighted by Gasteiger charge is -2.27. The van der Waals surface area contributed by atoms with Gasteiger partial charge in [-0.2, -0.15) is 13.2 Å². The van der Waals surface area contributed by atoms with Gasteiger partial charge in [0.2, 0.25) is 5.88 Å². The van der Waals surface area contributed by atoms with E-state index in [4.69, 9.17) is 4.74 Å². The van der Waals surface area contributed by atoms with E-state index in [1.807, 2.05) is 0 Å². The number of amides is 3. The second kappa shape index (κ2) is 9.69. The number of nitrogens with zero attached hydrogens (tertiary/aromatic N) is 4. The second-order valence-electron chi connectivity index (χ2n) is 8.35. The summed E-state index contributed by atoms with van der Waals surface area (Å²) >= 11 is -0.365. The van der Waals surface area contributed by atoms with E-state index in [1.54, 1.807) is 50.5 Å². The molecular weight excluding hydrogens is 495 g/mol. The van der Waals surface area contributed by atoms with E-state index in [-0.39, 0.29) is 28.9 Å². The number of para-hydroxylation sites is 1. The van der Waals surface area contributed by atoms with Crippen molar-refractivity contribution in [1.82, 2.24) is 14.9 Å². The molecule has 4 rings (SSSR count). The summed E-state index contributed by atoms with van der Waals surface area (Å²) in [5.41, 5.74) is -4.63. The zero-order valence-corrected chi connectivity index (χ0v) is 20.4. The van der Waals surface area contributed by atoms with Crippen LogP contribution in [0.3, 0.4) is 0 Å². The number of thioether (sulfide) groups is 1. The zero-order chi connectivity index (χ0) is 26.1. The fraction of sp³-hybridized carbons (Fsp3) is 0.250. The van der Waals surface area contributed by atoms with Crippen molar-refractivity contribution in [2.45, 2.75) is 36.3 Å². The summed E-state index contributed by atoms with van der Waals surface area (Å²) in [6.45, 7) is 3.17. The van der Waals surface area contributed by atoms with Crippen molar-refractivity contribution < 1.29 is 27.5 Å². The number of carbonyl (C=O) groups is 2. The molecule has 1 aromatic carbocycles. The van der Waals surface area contributed by atoms with Crippen molar-refractivity contribution in [3.8, 4) is 5.88 Å². The monoisotopic (exact) mass is 517 g/mol. The highest BCUT2D eigenvalue weighted by Crippen LogP contribution is 2.44. The standard InChI is InChI=1S/C24H22F3N5O3S/c1-23(2)21(33)32(17-6-4-5-7-18(17)36-24(25,26)27)22(34)31(23)14-15-10-11-28-19(12-15)30-16-8-9-20(35-3)29-13-16/h4-13H,14H2,1-3H3,(H,28,30). The Kier molecular flexibility index (Phi) is 6.81. The summed E-state index contributed by atoms with van der Waals surface area (Å²) in [6, 6.07) is 11.6. The zero-order valence-electron chi connectivity index (χ0n) is 19.5. The third-order valence-corrected chi connectivity index (χ3v) is 6.33. The Morgan fingerprint density at radius 2 is 1.83 bits per heavy atom. The lowest BCUT2D eigenvalue weighted by atomic mass is 10.0. The van der Waals surface area contributed by atoms with Crippen molar-refractivity contribution in [3.05, 3.63) is 66.5 Å². The molecule has 1 N–H and O–H groups in total. The molecule has 3 heterocycles. The summed E-state index contributed by atoms with van der Waals surface area (Å²) in [4.78, 5) is 36.9. The van der Waals surface area contributed by atoms with Crippen LogP contribution in [0, 0.1) is 0 Å². The number of alkyl halides is 3. The third kappa shape index (κ3) is 5.23. The molecule has 1 fully saturated rings. The number of urea groups is 1. The average Bonchev–Trinajstić information content (AvgIpc) is 2.99. The van der Waals surface area contributed by atoms with Crippen LogP contribution in [0.15, 0.2) is 65.8 Å². The van der Waals surface area contributed by atoms with Gasteiger partial charge in [-0.3, -0.25) is 4.79 Å². The Labute approximate surface area is 209 Å². The minimum Gasteiger partial charge on any atom is -0.481 e. The van der Waals surface area contributed by atoms with Crippen LogP contribution in [0.2, 0.25) is 0 Å². The Balaban J connectivity index is 1.58. The molecule has 188 valence electrons. The van der Waals surface area contributed by atoms with Crippen molar-refractivity contribution in [3.63, 3.8) is 0 Å². The summed E-state index contributed by atoms with van der Waals surface area (Å²) in [7, 11) is 1.52. The molecule has 0 radical (unpaired) electrons. The Morgan fingerprint density at radius 1 is 1.08 bits per heavy atom. The van der Waals surface area contributed by atoms with Crippen molar-refractivity contribution in [2.24, 2.45) is 0 Å². The van der Waals surface area contributed by atoms with Crippen LogP contribution in [0.1, 0.15) is 19.4 Å². The van der Waals surface area contributed by atoms with Gasteiger partial charge in [-0.15, -0.1) is 0 Å². The van der Waals surface area contributed by atoms with Gasteiger partial charge in [0.25, 0.3) is 5.91 Å². The average molecular weight is 518 g/mol. The van der Waals surface area contributed by atoms with E-state index in [0.29, 0.717) is 22.9 Å². The summed E-state index contributed by atoms with van der Waals surface area (Å²) in [6.07, 6.45) is 3.13. The molecule has 0 unspecified atom stereocenters. The van der Waals surface area contributed by atoms with Gasteiger partial charge in [-0.1, -0.05) is 12.1 Å². The first-order chi connectivity index (χ1) is 17.0. The van der Waals surface area contributed by atoms with Crippen LogP contribution in [-0.2, 0) is 11.3 Å².